The molecule has 2 aliphatic heterocycles. The van der Waals surface area contributed by atoms with Gasteiger partial charge in [-0.25, -0.2) is 8.42 Å². The second kappa shape index (κ2) is 8.59. The van der Waals surface area contributed by atoms with Crippen LogP contribution in [-0.2, 0) is 14.8 Å². The van der Waals surface area contributed by atoms with Gasteiger partial charge in [-0.15, -0.1) is 0 Å². The summed E-state index contributed by atoms with van der Waals surface area (Å²) in [6.45, 7) is 2.54. The number of hydrogen-bond acceptors (Lipinski definition) is 4. The number of rotatable bonds is 5. The molecule has 2 aliphatic rings. The number of ether oxygens (including phenoxy) is 1. The minimum atomic E-state index is -3.51. The molecule has 0 spiro atoms. The lowest BCUT2D eigenvalue weighted by Crippen LogP contribution is -2.35. The summed E-state index contributed by atoms with van der Waals surface area (Å²) in [6, 6.07) is 4.42. The Balaban J connectivity index is 1.63. The highest BCUT2D eigenvalue weighted by atomic mass is 35.5. The zero-order valence-corrected chi connectivity index (χ0v) is 16.4. The van der Waals surface area contributed by atoms with Crippen LogP contribution in [0.1, 0.15) is 38.5 Å². The number of halogens is 1. The van der Waals surface area contributed by atoms with Crippen molar-refractivity contribution in [1.29, 1.82) is 0 Å². The van der Waals surface area contributed by atoms with E-state index in [0.29, 0.717) is 18.8 Å². The molecule has 2 heterocycles. The average Bonchev–Trinajstić information content (AvgIpc) is 3.04. The Kier molecular flexibility index (Phi) is 6.42. The number of carbonyl (C=O) groups is 1. The fraction of sp³-hybridized carbons (Fsp3) is 0.611. The summed E-state index contributed by atoms with van der Waals surface area (Å²) in [4.78, 5) is 14.3. The van der Waals surface area contributed by atoms with Crippen LogP contribution in [0.2, 0.25) is 5.02 Å². The van der Waals surface area contributed by atoms with Gasteiger partial charge in [0.25, 0.3) is 5.91 Å². The number of amides is 1. The molecule has 1 amide bonds. The van der Waals surface area contributed by atoms with E-state index in [1.54, 1.807) is 0 Å². The summed E-state index contributed by atoms with van der Waals surface area (Å²) >= 11 is 6.20. The summed E-state index contributed by atoms with van der Waals surface area (Å²) in [7, 11) is -3.51. The predicted molar refractivity (Wildman–Crippen MR) is 100.0 cm³/mol. The maximum atomic E-state index is 12.6. The smallest absolute Gasteiger partial charge is 0.260 e. The molecule has 0 unspecified atom stereocenters. The normalized spacial score (nSPS) is 19.3. The van der Waals surface area contributed by atoms with E-state index < -0.39 is 10.0 Å². The molecule has 3 rings (SSSR count). The molecule has 8 heteroatoms. The molecule has 1 aromatic carbocycles. The van der Waals surface area contributed by atoms with Gasteiger partial charge < -0.3 is 9.64 Å². The summed E-state index contributed by atoms with van der Waals surface area (Å²) in [5.74, 6) is 0.270. The minimum Gasteiger partial charge on any atom is -0.482 e. The summed E-state index contributed by atoms with van der Waals surface area (Å²) in [5.41, 5.74) is 0. The lowest BCUT2D eigenvalue weighted by Gasteiger charge is -2.20. The van der Waals surface area contributed by atoms with E-state index in [2.05, 4.69) is 0 Å². The van der Waals surface area contributed by atoms with E-state index in [-0.39, 0.29) is 22.4 Å². The first-order chi connectivity index (χ1) is 12.5. The van der Waals surface area contributed by atoms with Crippen LogP contribution >= 0.6 is 11.6 Å². The molecule has 0 atom stereocenters. The van der Waals surface area contributed by atoms with E-state index in [1.807, 2.05) is 4.90 Å². The molecule has 0 saturated carbocycles. The third kappa shape index (κ3) is 4.50. The predicted octanol–water partition coefficient (Wildman–Crippen LogP) is 2.91. The van der Waals surface area contributed by atoms with E-state index in [9.17, 15) is 13.2 Å². The third-order valence-corrected chi connectivity index (χ3v) is 7.11. The Bertz CT molecular complexity index is 740. The Morgan fingerprint density at radius 3 is 2.23 bits per heavy atom. The number of benzene rings is 1. The molecule has 144 valence electrons. The van der Waals surface area contributed by atoms with Crippen molar-refractivity contribution in [2.75, 3.05) is 32.8 Å². The highest BCUT2D eigenvalue weighted by molar-refractivity contribution is 7.89. The van der Waals surface area contributed by atoms with Gasteiger partial charge >= 0.3 is 0 Å². The molecule has 0 radical (unpaired) electrons. The summed E-state index contributed by atoms with van der Waals surface area (Å²) in [5, 5.41) is 0.203. The Hall–Kier alpha value is -1.31. The van der Waals surface area contributed by atoms with Gasteiger partial charge in [0.15, 0.2) is 6.61 Å². The van der Waals surface area contributed by atoms with E-state index in [4.69, 9.17) is 16.3 Å². The number of nitrogens with zero attached hydrogens (tertiary/aromatic N) is 2. The third-order valence-electron chi connectivity index (χ3n) is 4.92. The van der Waals surface area contributed by atoms with Crippen molar-refractivity contribution >= 4 is 27.5 Å². The zero-order valence-electron chi connectivity index (χ0n) is 14.8. The fourth-order valence-corrected chi connectivity index (χ4v) is 5.23. The summed E-state index contributed by atoms with van der Waals surface area (Å²) < 4.78 is 32.2. The molecule has 2 fully saturated rings. The molecule has 0 N–H and O–H groups in total. The second-order valence-electron chi connectivity index (χ2n) is 6.79. The Morgan fingerprint density at radius 1 is 1.00 bits per heavy atom. The molecule has 0 bridgehead atoms. The number of sulfonamides is 1. The first-order valence-electron chi connectivity index (χ1n) is 9.19. The Morgan fingerprint density at radius 2 is 1.62 bits per heavy atom. The van der Waals surface area contributed by atoms with Crippen molar-refractivity contribution < 1.29 is 17.9 Å². The van der Waals surface area contributed by atoms with Crippen LogP contribution in [0.4, 0.5) is 0 Å². The fourth-order valence-electron chi connectivity index (χ4n) is 3.39. The second-order valence-corrected chi connectivity index (χ2v) is 9.13. The van der Waals surface area contributed by atoms with Crippen molar-refractivity contribution in [3.63, 3.8) is 0 Å². The molecule has 1 aromatic rings. The van der Waals surface area contributed by atoms with Crippen molar-refractivity contribution in [3.05, 3.63) is 23.2 Å². The van der Waals surface area contributed by atoms with Crippen LogP contribution < -0.4 is 4.74 Å². The van der Waals surface area contributed by atoms with Crippen LogP contribution in [-0.4, -0.2) is 56.3 Å². The quantitative estimate of drug-likeness (QED) is 0.762. The van der Waals surface area contributed by atoms with Crippen LogP contribution in [0.5, 0.6) is 5.75 Å². The van der Waals surface area contributed by atoms with Crippen LogP contribution in [0.25, 0.3) is 0 Å². The number of hydrogen-bond donors (Lipinski definition) is 0. The molecular formula is C18H25ClN2O4S. The van der Waals surface area contributed by atoms with Gasteiger partial charge in [-0.3, -0.25) is 4.79 Å². The van der Waals surface area contributed by atoms with Gasteiger partial charge in [-0.1, -0.05) is 24.4 Å². The molecule has 0 aromatic heterocycles. The lowest BCUT2D eigenvalue weighted by molar-refractivity contribution is -0.133. The number of carbonyl (C=O) groups excluding carboxylic acids is 1. The SMILES string of the molecule is O=C(COc1ccc(S(=O)(=O)N2CCCC2)cc1Cl)N1CCCCCC1. The minimum absolute atomic E-state index is 0.0586. The van der Waals surface area contributed by atoms with Crippen LogP contribution in [0, 0.1) is 0 Å². The number of likely N-dealkylation sites (tertiary alicyclic amines) is 1. The topological polar surface area (TPSA) is 66.9 Å². The standard InChI is InChI=1S/C18H25ClN2O4S/c19-16-13-15(26(23,24)21-11-5-6-12-21)7-8-17(16)25-14-18(22)20-9-3-1-2-4-10-20/h7-8,13H,1-6,9-12,14H2. The Labute approximate surface area is 160 Å². The maximum Gasteiger partial charge on any atom is 0.260 e. The van der Waals surface area contributed by atoms with Gasteiger partial charge in [0, 0.05) is 26.2 Å². The average molecular weight is 401 g/mol. The first kappa shape index (κ1) is 19.5. The van der Waals surface area contributed by atoms with Crippen LogP contribution in [0.3, 0.4) is 0 Å². The van der Waals surface area contributed by atoms with Crippen molar-refractivity contribution in [3.8, 4) is 5.75 Å². The molecule has 6 nitrogen and oxygen atoms in total. The van der Waals surface area contributed by atoms with Gasteiger partial charge in [-0.2, -0.15) is 4.31 Å². The van der Waals surface area contributed by atoms with E-state index in [0.717, 1.165) is 51.6 Å². The van der Waals surface area contributed by atoms with E-state index in [1.165, 1.54) is 22.5 Å². The van der Waals surface area contributed by atoms with Crippen LogP contribution in [0.15, 0.2) is 23.1 Å². The van der Waals surface area contributed by atoms with Gasteiger partial charge in [-0.05, 0) is 43.9 Å². The maximum absolute atomic E-state index is 12.6. The highest BCUT2D eigenvalue weighted by Gasteiger charge is 2.27. The molecule has 26 heavy (non-hydrogen) atoms. The van der Waals surface area contributed by atoms with E-state index >= 15 is 0 Å². The highest BCUT2D eigenvalue weighted by Crippen LogP contribution is 2.30. The largest absolute Gasteiger partial charge is 0.482 e. The van der Waals surface area contributed by atoms with Gasteiger partial charge in [0.05, 0.1) is 9.92 Å². The van der Waals surface area contributed by atoms with Crippen molar-refractivity contribution in [2.24, 2.45) is 0 Å². The summed E-state index contributed by atoms with van der Waals surface area (Å²) in [6.07, 6.45) is 6.12. The van der Waals surface area contributed by atoms with Crippen molar-refractivity contribution in [1.82, 2.24) is 9.21 Å². The van der Waals surface area contributed by atoms with Gasteiger partial charge in [0.1, 0.15) is 5.75 Å². The monoisotopic (exact) mass is 400 g/mol. The van der Waals surface area contributed by atoms with Crippen molar-refractivity contribution in [2.45, 2.75) is 43.4 Å². The first-order valence-corrected chi connectivity index (χ1v) is 11.0. The molecular weight excluding hydrogens is 376 g/mol. The van der Waals surface area contributed by atoms with Gasteiger partial charge in [0.2, 0.25) is 10.0 Å². The zero-order chi connectivity index (χ0) is 18.6. The molecule has 0 aliphatic carbocycles. The molecule has 2 saturated heterocycles. The lowest BCUT2D eigenvalue weighted by atomic mass is 10.2.